The average molecular weight is 288 g/mol. The highest BCUT2D eigenvalue weighted by atomic mass is 35.5. The van der Waals surface area contributed by atoms with E-state index < -0.39 is 0 Å². The molecule has 2 aromatic carbocycles. The number of nitrogens with zero attached hydrogens (tertiary/aromatic N) is 2. The number of hydrogen-bond donors (Lipinski definition) is 1. The molecule has 0 bridgehead atoms. The number of halogens is 1. The van der Waals surface area contributed by atoms with Gasteiger partial charge in [-0.1, -0.05) is 11.6 Å². The maximum atomic E-state index is 6.01. The zero-order valence-corrected chi connectivity index (χ0v) is 12.0. The molecular formula is C15H14ClN3O. The van der Waals surface area contributed by atoms with Crippen molar-refractivity contribution >= 4 is 28.3 Å². The normalized spacial score (nSPS) is 10.9. The zero-order valence-electron chi connectivity index (χ0n) is 11.2. The van der Waals surface area contributed by atoms with Gasteiger partial charge in [0, 0.05) is 17.6 Å². The number of ether oxygens (including phenoxy) is 1. The van der Waals surface area contributed by atoms with Gasteiger partial charge >= 0.3 is 0 Å². The molecule has 20 heavy (non-hydrogen) atoms. The minimum Gasteiger partial charge on any atom is -0.495 e. The van der Waals surface area contributed by atoms with E-state index in [-0.39, 0.29) is 0 Å². The molecule has 5 heteroatoms. The van der Waals surface area contributed by atoms with Gasteiger partial charge in [0.1, 0.15) is 11.6 Å². The fraction of sp³-hybridized carbons (Fsp3) is 0.133. The summed E-state index contributed by atoms with van der Waals surface area (Å²) in [6, 6.07) is 11.3. The van der Waals surface area contributed by atoms with Crippen LogP contribution in [0.2, 0.25) is 5.02 Å². The molecule has 0 aliphatic heterocycles. The molecule has 1 aromatic heterocycles. The summed E-state index contributed by atoms with van der Waals surface area (Å²) >= 11 is 6.01. The van der Waals surface area contributed by atoms with Gasteiger partial charge in [-0.3, -0.25) is 0 Å². The van der Waals surface area contributed by atoms with Gasteiger partial charge < -0.3 is 15.0 Å². The lowest BCUT2D eigenvalue weighted by molar-refractivity contribution is 0.417. The van der Waals surface area contributed by atoms with Crippen molar-refractivity contribution in [2.45, 2.75) is 0 Å². The first kappa shape index (κ1) is 12.8. The van der Waals surface area contributed by atoms with E-state index in [1.165, 1.54) is 0 Å². The Morgan fingerprint density at radius 3 is 2.70 bits per heavy atom. The summed E-state index contributed by atoms with van der Waals surface area (Å²) in [5.74, 6) is 1.51. The van der Waals surface area contributed by atoms with Crippen LogP contribution in [0.3, 0.4) is 0 Å². The van der Waals surface area contributed by atoms with Crippen LogP contribution in [0.15, 0.2) is 36.4 Å². The van der Waals surface area contributed by atoms with Crippen LogP contribution in [-0.2, 0) is 7.05 Å². The van der Waals surface area contributed by atoms with Crippen molar-refractivity contribution in [3.8, 4) is 17.1 Å². The third-order valence-electron chi connectivity index (χ3n) is 3.33. The zero-order chi connectivity index (χ0) is 14.3. The Hall–Kier alpha value is -2.20. The molecule has 1 heterocycles. The summed E-state index contributed by atoms with van der Waals surface area (Å²) in [5.41, 5.74) is 9.38. The van der Waals surface area contributed by atoms with Crippen LogP contribution >= 0.6 is 11.6 Å². The van der Waals surface area contributed by atoms with Gasteiger partial charge in [0.05, 0.1) is 23.8 Å². The first-order chi connectivity index (χ1) is 9.60. The third-order valence-corrected chi connectivity index (χ3v) is 3.57. The maximum Gasteiger partial charge on any atom is 0.141 e. The van der Waals surface area contributed by atoms with Crippen molar-refractivity contribution in [2.24, 2.45) is 7.05 Å². The lowest BCUT2D eigenvalue weighted by atomic mass is 10.2. The molecule has 0 unspecified atom stereocenters. The Morgan fingerprint density at radius 1 is 1.20 bits per heavy atom. The molecule has 0 saturated carbocycles. The highest BCUT2D eigenvalue weighted by molar-refractivity contribution is 6.31. The minimum absolute atomic E-state index is 0.593. The fourth-order valence-corrected chi connectivity index (χ4v) is 2.47. The molecule has 2 N–H and O–H groups in total. The third kappa shape index (κ3) is 1.98. The van der Waals surface area contributed by atoms with Crippen LogP contribution in [0, 0.1) is 0 Å². The van der Waals surface area contributed by atoms with Crippen LogP contribution in [-0.4, -0.2) is 16.7 Å². The van der Waals surface area contributed by atoms with Crippen molar-refractivity contribution in [2.75, 3.05) is 12.8 Å². The number of hydrogen-bond acceptors (Lipinski definition) is 3. The van der Waals surface area contributed by atoms with Gasteiger partial charge in [-0.15, -0.1) is 0 Å². The number of nitrogens with two attached hydrogens (primary N) is 1. The topological polar surface area (TPSA) is 53.1 Å². The number of anilines is 1. The monoisotopic (exact) mass is 287 g/mol. The molecule has 102 valence electrons. The van der Waals surface area contributed by atoms with Crippen LogP contribution in [0.4, 0.5) is 5.69 Å². The summed E-state index contributed by atoms with van der Waals surface area (Å²) in [4.78, 5) is 4.62. The van der Waals surface area contributed by atoms with Gasteiger partial charge in [0.2, 0.25) is 0 Å². The summed E-state index contributed by atoms with van der Waals surface area (Å²) in [5, 5.41) is 0.677. The molecule has 0 saturated heterocycles. The SMILES string of the molecule is COc1ccc(-c2nc3cc(Cl)ccc3n2C)cc1N. The number of nitrogen functional groups attached to an aromatic ring is 1. The number of rotatable bonds is 2. The summed E-state index contributed by atoms with van der Waals surface area (Å²) < 4.78 is 7.19. The second kappa shape index (κ2) is 4.72. The molecule has 0 amide bonds. The van der Waals surface area contributed by atoms with Crippen LogP contribution in [0.25, 0.3) is 22.4 Å². The van der Waals surface area contributed by atoms with Crippen LogP contribution in [0.5, 0.6) is 5.75 Å². The molecular weight excluding hydrogens is 274 g/mol. The summed E-state index contributed by atoms with van der Waals surface area (Å²) in [6.45, 7) is 0. The largest absolute Gasteiger partial charge is 0.495 e. The van der Waals surface area contributed by atoms with Crippen LogP contribution in [0.1, 0.15) is 0 Å². The van der Waals surface area contributed by atoms with E-state index in [1.54, 1.807) is 7.11 Å². The van der Waals surface area contributed by atoms with Gasteiger partial charge in [-0.25, -0.2) is 4.98 Å². The smallest absolute Gasteiger partial charge is 0.141 e. The minimum atomic E-state index is 0.593. The van der Waals surface area contributed by atoms with Crippen molar-refractivity contribution in [3.63, 3.8) is 0 Å². The molecule has 3 aromatic rings. The van der Waals surface area contributed by atoms with Crippen LogP contribution < -0.4 is 10.5 Å². The first-order valence-electron chi connectivity index (χ1n) is 6.16. The number of methoxy groups -OCH3 is 1. The molecule has 0 aliphatic rings. The number of fused-ring (bicyclic) bond motifs is 1. The molecule has 0 radical (unpaired) electrons. The Balaban J connectivity index is 2.19. The molecule has 0 spiro atoms. The lowest BCUT2D eigenvalue weighted by Crippen LogP contribution is -1.96. The quantitative estimate of drug-likeness (QED) is 0.734. The van der Waals surface area contributed by atoms with E-state index in [1.807, 2.05) is 48.0 Å². The highest BCUT2D eigenvalue weighted by Gasteiger charge is 2.11. The standard InChI is InChI=1S/C15H14ClN3O/c1-19-13-5-4-10(16)8-12(13)18-15(19)9-3-6-14(20-2)11(17)7-9/h3-8H,17H2,1-2H3. The first-order valence-corrected chi connectivity index (χ1v) is 6.54. The second-order valence-corrected chi connectivity index (χ2v) is 5.02. The van der Waals surface area contributed by atoms with E-state index >= 15 is 0 Å². The lowest BCUT2D eigenvalue weighted by Gasteiger charge is -2.07. The molecule has 0 fully saturated rings. The maximum absolute atomic E-state index is 6.01. The Bertz CT molecular complexity index is 795. The van der Waals surface area contributed by atoms with E-state index in [4.69, 9.17) is 22.1 Å². The van der Waals surface area contributed by atoms with Gasteiger partial charge in [-0.2, -0.15) is 0 Å². The predicted octanol–water partition coefficient (Wildman–Crippen LogP) is 3.48. The van der Waals surface area contributed by atoms with E-state index in [9.17, 15) is 0 Å². The van der Waals surface area contributed by atoms with Gasteiger partial charge in [0.15, 0.2) is 0 Å². The van der Waals surface area contributed by atoms with E-state index in [0.717, 1.165) is 22.4 Å². The number of benzene rings is 2. The van der Waals surface area contributed by atoms with Crippen molar-refractivity contribution in [3.05, 3.63) is 41.4 Å². The predicted molar refractivity (Wildman–Crippen MR) is 82.1 cm³/mol. The molecule has 0 aliphatic carbocycles. The highest BCUT2D eigenvalue weighted by Crippen LogP contribution is 2.30. The Kier molecular flexibility index (Phi) is 3.03. The second-order valence-electron chi connectivity index (χ2n) is 4.58. The van der Waals surface area contributed by atoms with Crippen molar-refractivity contribution in [1.82, 2.24) is 9.55 Å². The van der Waals surface area contributed by atoms with Gasteiger partial charge in [-0.05, 0) is 36.4 Å². The van der Waals surface area contributed by atoms with Gasteiger partial charge in [0.25, 0.3) is 0 Å². The summed E-state index contributed by atoms with van der Waals surface area (Å²) in [6.07, 6.45) is 0. The van der Waals surface area contributed by atoms with Crippen molar-refractivity contribution in [1.29, 1.82) is 0 Å². The number of imidazole rings is 1. The molecule has 4 nitrogen and oxygen atoms in total. The Labute approximate surface area is 121 Å². The fourth-order valence-electron chi connectivity index (χ4n) is 2.30. The van der Waals surface area contributed by atoms with E-state index in [2.05, 4.69) is 4.98 Å². The number of aromatic nitrogens is 2. The summed E-state index contributed by atoms with van der Waals surface area (Å²) in [7, 11) is 3.57. The van der Waals surface area contributed by atoms with Crippen molar-refractivity contribution < 1.29 is 4.74 Å². The average Bonchev–Trinajstić information content (AvgIpc) is 2.75. The molecule has 0 atom stereocenters. The van der Waals surface area contributed by atoms with E-state index in [0.29, 0.717) is 16.5 Å². The molecule has 3 rings (SSSR count). The Morgan fingerprint density at radius 2 is 2.00 bits per heavy atom. The number of aryl methyl sites for hydroxylation is 1.